The van der Waals surface area contributed by atoms with Gasteiger partial charge in [0.2, 0.25) is 16.0 Å². The number of piperazine rings is 1. The van der Waals surface area contributed by atoms with E-state index >= 15 is 0 Å². The largest absolute Gasteiger partial charge is 0.372 e. The zero-order valence-electron chi connectivity index (χ0n) is 18.9. The first-order valence-electron chi connectivity index (χ1n) is 10.8. The van der Waals surface area contributed by atoms with Crippen LogP contribution in [0.5, 0.6) is 0 Å². The SMILES string of the molecule is CCOCC(=O)N1CCN(c2nn3c(NC(C)(C)C)c(-c4cccc(F)c4)nc3s2)CC1. The highest BCUT2D eigenvalue weighted by Gasteiger charge is 2.26. The van der Waals surface area contributed by atoms with E-state index in [4.69, 9.17) is 14.8 Å². The Balaban J connectivity index is 1.59. The highest BCUT2D eigenvalue weighted by Crippen LogP contribution is 2.35. The lowest BCUT2D eigenvalue weighted by Crippen LogP contribution is -2.49. The average Bonchev–Trinajstić information content (AvgIpc) is 3.30. The molecule has 8 nitrogen and oxygen atoms in total. The van der Waals surface area contributed by atoms with Crippen molar-refractivity contribution >= 4 is 33.2 Å². The van der Waals surface area contributed by atoms with Crippen LogP contribution >= 0.6 is 11.3 Å². The first kappa shape index (κ1) is 22.5. The molecule has 172 valence electrons. The van der Waals surface area contributed by atoms with Crippen LogP contribution < -0.4 is 10.2 Å². The summed E-state index contributed by atoms with van der Waals surface area (Å²) in [5.41, 5.74) is 1.16. The summed E-state index contributed by atoms with van der Waals surface area (Å²) in [6, 6.07) is 6.44. The number of imidazole rings is 1. The van der Waals surface area contributed by atoms with Crippen molar-refractivity contribution in [3.05, 3.63) is 30.1 Å². The number of aromatic nitrogens is 3. The fourth-order valence-electron chi connectivity index (χ4n) is 3.60. The molecule has 3 aromatic rings. The molecule has 0 bridgehead atoms. The van der Waals surface area contributed by atoms with Crippen LogP contribution in [0.3, 0.4) is 0 Å². The fourth-order valence-corrected chi connectivity index (χ4v) is 4.55. The van der Waals surface area contributed by atoms with Gasteiger partial charge in [0, 0.05) is 43.9 Å². The normalized spacial score (nSPS) is 14.9. The predicted molar refractivity (Wildman–Crippen MR) is 125 cm³/mol. The Kier molecular flexibility index (Phi) is 6.34. The average molecular weight is 461 g/mol. The molecule has 0 radical (unpaired) electrons. The van der Waals surface area contributed by atoms with Crippen molar-refractivity contribution in [2.24, 2.45) is 0 Å². The van der Waals surface area contributed by atoms with E-state index in [-0.39, 0.29) is 23.9 Å². The molecule has 32 heavy (non-hydrogen) atoms. The number of hydrogen-bond donors (Lipinski definition) is 1. The van der Waals surface area contributed by atoms with Gasteiger partial charge < -0.3 is 19.9 Å². The third-order valence-electron chi connectivity index (χ3n) is 5.12. The molecule has 1 amide bonds. The van der Waals surface area contributed by atoms with Crippen LogP contribution in [-0.4, -0.2) is 70.3 Å². The zero-order chi connectivity index (χ0) is 22.9. The lowest BCUT2D eigenvalue weighted by molar-refractivity contribution is -0.136. The molecule has 0 unspecified atom stereocenters. The second-order valence-electron chi connectivity index (χ2n) is 8.78. The molecular formula is C22H29FN6O2S. The summed E-state index contributed by atoms with van der Waals surface area (Å²) < 4.78 is 20.9. The molecule has 1 aliphatic heterocycles. The molecular weight excluding hydrogens is 431 g/mol. The van der Waals surface area contributed by atoms with Gasteiger partial charge in [0.25, 0.3) is 0 Å². The monoisotopic (exact) mass is 460 g/mol. The molecule has 1 aromatic carbocycles. The number of halogens is 1. The molecule has 2 aromatic heterocycles. The van der Waals surface area contributed by atoms with E-state index in [1.54, 1.807) is 10.6 Å². The number of benzene rings is 1. The predicted octanol–water partition coefficient (Wildman–Crippen LogP) is 3.49. The van der Waals surface area contributed by atoms with Gasteiger partial charge >= 0.3 is 0 Å². The van der Waals surface area contributed by atoms with Crippen LogP contribution in [0.15, 0.2) is 24.3 Å². The minimum atomic E-state index is -0.300. The number of nitrogens with one attached hydrogen (secondary N) is 1. The van der Waals surface area contributed by atoms with Crippen molar-refractivity contribution < 1.29 is 13.9 Å². The summed E-state index contributed by atoms with van der Waals surface area (Å²) in [6.07, 6.45) is 0. The first-order valence-corrected chi connectivity index (χ1v) is 11.6. The summed E-state index contributed by atoms with van der Waals surface area (Å²) in [6.45, 7) is 11.4. The third kappa shape index (κ3) is 4.86. The van der Waals surface area contributed by atoms with Gasteiger partial charge in [-0.25, -0.2) is 9.37 Å². The van der Waals surface area contributed by atoms with E-state index in [2.05, 4.69) is 31.0 Å². The Morgan fingerprint density at radius 3 is 2.66 bits per heavy atom. The van der Waals surface area contributed by atoms with Gasteiger partial charge in [-0.05, 0) is 39.8 Å². The maximum absolute atomic E-state index is 13.9. The first-order chi connectivity index (χ1) is 15.2. The van der Waals surface area contributed by atoms with Crippen LogP contribution in [-0.2, 0) is 9.53 Å². The third-order valence-corrected chi connectivity index (χ3v) is 6.09. The van der Waals surface area contributed by atoms with Gasteiger partial charge in [0.15, 0.2) is 5.82 Å². The Morgan fingerprint density at radius 1 is 1.25 bits per heavy atom. The van der Waals surface area contributed by atoms with E-state index in [0.717, 1.165) is 15.9 Å². The fraction of sp³-hybridized carbons (Fsp3) is 0.500. The van der Waals surface area contributed by atoms with Crippen LogP contribution in [0.2, 0.25) is 0 Å². The zero-order valence-corrected chi connectivity index (χ0v) is 19.7. The minimum absolute atomic E-state index is 0.0249. The molecule has 10 heteroatoms. The summed E-state index contributed by atoms with van der Waals surface area (Å²) in [7, 11) is 0. The van der Waals surface area contributed by atoms with E-state index in [1.165, 1.54) is 23.5 Å². The quantitative estimate of drug-likeness (QED) is 0.607. The number of ether oxygens (including phenoxy) is 1. The van der Waals surface area contributed by atoms with Gasteiger partial charge in [-0.3, -0.25) is 4.79 Å². The van der Waals surface area contributed by atoms with E-state index < -0.39 is 0 Å². The van der Waals surface area contributed by atoms with Gasteiger partial charge in [-0.1, -0.05) is 23.5 Å². The molecule has 1 N–H and O–H groups in total. The molecule has 3 heterocycles. The summed E-state index contributed by atoms with van der Waals surface area (Å²) in [4.78, 5) is 21.7. The molecule has 0 spiro atoms. The topological polar surface area (TPSA) is 75.0 Å². The van der Waals surface area contributed by atoms with E-state index in [0.29, 0.717) is 44.0 Å². The van der Waals surface area contributed by atoms with Gasteiger partial charge in [-0.15, -0.1) is 5.10 Å². The van der Waals surface area contributed by atoms with Crippen molar-refractivity contribution in [2.75, 3.05) is 49.6 Å². The highest BCUT2D eigenvalue weighted by molar-refractivity contribution is 7.20. The van der Waals surface area contributed by atoms with Crippen molar-refractivity contribution in [1.29, 1.82) is 0 Å². The minimum Gasteiger partial charge on any atom is -0.372 e. The van der Waals surface area contributed by atoms with Crippen molar-refractivity contribution in [2.45, 2.75) is 33.2 Å². The maximum atomic E-state index is 13.9. The Labute approximate surface area is 191 Å². The number of hydrogen-bond acceptors (Lipinski definition) is 7. The van der Waals surface area contributed by atoms with E-state index in [9.17, 15) is 9.18 Å². The maximum Gasteiger partial charge on any atom is 0.248 e. The molecule has 0 saturated carbocycles. The summed E-state index contributed by atoms with van der Waals surface area (Å²) in [5, 5.41) is 9.16. The standard InChI is InChI=1S/C22H29FN6O2S/c1-5-31-14-17(30)27-9-11-28(12-10-27)21-26-29-19(25-22(2,3)4)18(24-20(29)32-21)15-7-6-8-16(23)13-15/h6-8,13,25H,5,9-12,14H2,1-4H3. The smallest absolute Gasteiger partial charge is 0.248 e. The Bertz CT molecular complexity index is 1100. The van der Waals surface area contributed by atoms with Crippen LogP contribution in [0, 0.1) is 5.82 Å². The van der Waals surface area contributed by atoms with Crippen LogP contribution in [0.4, 0.5) is 15.3 Å². The number of amides is 1. The van der Waals surface area contributed by atoms with Gasteiger partial charge in [-0.2, -0.15) is 4.52 Å². The molecule has 4 rings (SSSR count). The van der Waals surface area contributed by atoms with Crippen LogP contribution in [0.25, 0.3) is 16.2 Å². The van der Waals surface area contributed by atoms with Crippen LogP contribution in [0.1, 0.15) is 27.7 Å². The molecule has 0 aliphatic carbocycles. The number of fused-ring (bicyclic) bond motifs is 1. The number of carbonyl (C=O) groups is 1. The molecule has 1 saturated heterocycles. The second kappa shape index (κ2) is 9.03. The molecule has 0 atom stereocenters. The number of nitrogens with zero attached hydrogens (tertiary/aromatic N) is 5. The van der Waals surface area contributed by atoms with Crippen molar-refractivity contribution in [3.8, 4) is 11.3 Å². The van der Waals surface area contributed by atoms with E-state index in [1.807, 2.05) is 17.9 Å². The molecule has 1 fully saturated rings. The van der Waals surface area contributed by atoms with Gasteiger partial charge in [0.1, 0.15) is 18.1 Å². The molecule has 1 aliphatic rings. The van der Waals surface area contributed by atoms with Crippen molar-refractivity contribution in [1.82, 2.24) is 19.5 Å². The Hall–Kier alpha value is -2.72. The summed E-state index contributed by atoms with van der Waals surface area (Å²) >= 11 is 1.49. The Morgan fingerprint density at radius 2 is 2.00 bits per heavy atom. The number of rotatable bonds is 6. The summed E-state index contributed by atoms with van der Waals surface area (Å²) in [5.74, 6) is 0.467. The highest BCUT2D eigenvalue weighted by atomic mass is 32.1. The van der Waals surface area contributed by atoms with Gasteiger partial charge in [0.05, 0.1) is 0 Å². The second-order valence-corrected chi connectivity index (χ2v) is 9.71. The lowest BCUT2D eigenvalue weighted by Gasteiger charge is -2.34. The number of carbonyl (C=O) groups excluding carboxylic acids is 1. The number of anilines is 2. The lowest BCUT2D eigenvalue weighted by atomic mass is 10.1. The van der Waals surface area contributed by atoms with Crippen molar-refractivity contribution in [3.63, 3.8) is 0 Å².